The second-order valence-electron chi connectivity index (χ2n) is 13.6. The van der Waals surface area contributed by atoms with Crippen LogP contribution < -0.4 is 16.2 Å². The number of nitrogens with zero attached hydrogens (tertiary/aromatic N) is 3. The minimum absolute atomic E-state index is 0.00237. The molecule has 1 fully saturated rings. The molecule has 3 N–H and O–H groups in total. The van der Waals surface area contributed by atoms with Crippen molar-refractivity contribution in [2.75, 3.05) is 13.2 Å². The average molecular weight is 593 g/mol. The van der Waals surface area contributed by atoms with Crippen molar-refractivity contribution in [2.24, 2.45) is 27.2 Å². The van der Waals surface area contributed by atoms with Crippen LogP contribution in [-0.4, -0.2) is 47.1 Å². The van der Waals surface area contributed by atoms with Gasteiger partial charge < -0.3 is 15.6 Å². The molecule has 2 aliphatic heterocycles. The first kappa shape index (κ1) is 30.8. The number of amides is 2. The molecular formula is C33H42F2N6O2. The highest BCUT2D eigenvalue weighted by Crippen LogP contribution is 2.49. The van der Waals surface area contributed by atoms with Gasteiger partial charge in [-0.05, 0) is 79.2 Å². The average Bonchev–Trinajstić information content (AvgIpc) is 3.53. The predicted molar refractivity (Wildman–Crippen MR) is 163 cm³/mol. The first-order valence-electron chi connectivity index (χ1n) is 15.1. The fourth-order valence-electron chi connectivity index (χ4n) is 6.82. The summed E-state index contributed by atoms with van der Waals surface area (Å²) in [6.07, 6.45) is 3.87. The van der Waals surface area contributed by atoms with Gasteiger partial charge in [0.25, 0.3) is 11.8 Å². The maximum absolute atomic E-state index is 14.4. The molecule has 0 saturated heterocycles. The molecule has 2 aromatic rings. The van der Waals surface area contributed by atoms with Crippen LogP contribution in [0.2, 0.25) is 0 Å². The molecule has 0 aromatic heterocycles. The van der Waals surface area contributed by atoms with Gasteiger partial charge in [0.2, 0.25) is 0 Å². The fourth-order valence-corrected chi connectivity index (χ4v) is 6.82. The van der Waals surface area contributed by atoms with Crippen molar-refractivity contribution in [3.05, 3.63) is 70.8 Å². The number of hydrazine groups is 1. The Hall–Kier alpha value is -3.66. The monoisotopic (exact) mass is 592 g/mol. The van der Waals surface area contributed by atoms with Crippen molar-refractivity contribution in [1.29, 1.82) is 0 Å². The first-order chi connectivity index (χ1) is 20.3. The van der Waals surface area contributed by atoms with Crippen LogP contribution >= 0.6 is 0 Å². The largest absolute Gasteiger partial charge is 0.345 e. The summed E-state index contributed by atoms with van der Waals surface area (Å²) < 4.78 is 28.6. The Morgan fingerprint density at radius 1 is 1.09 bits per heavy atom. The van der Waals surface area contributed by atoms with E-state index in [4.69, 9.17) is 4.99 Å². The lowest BCUT2D eigenvalue weighted by atomic mass is 9.75. The number of rotatable bonds is 8. The summed E-state index contributed by atoms with van der Waals surface area (Å²) >= 11 is 0. The zero-order chi connectivity index (χ0) is 30.9. The van der Waals surface area contributed by atoms with Crippen LogP contribution in [-0.2, 0) is 4.79 Å². The van der Waals surface area contributed by atoms with Crippen LogP contribution in [0.4, 0.5) is 8.78 Å². The van der Waals surface area contributed by atoms with E-state index in [-0.39, 0.29) is 41.1 Å². The van der Waals surface area contributed by atoms with Gasteiger partial charge in [-0.25, -0.2) is 14.2 Å². The van der Waals surface area contributed by atoms with E-state index in [9.17, 15) is 18.4 Å². The number of carbonyl (C=O) groups is 2. The van der Waals surface area contributed by atoms with Gasteiger partial charge in [-0.2, -0.15) is 0 Å². The van der Waals surface area contributed by atoms with E-state index in [1.807, 2.05) is 17.0 Å². The van der Waals surface area contributed by atoms with Crippen LogP contribution in [0.5, 0.6) is 0 Å². The van der Waals surface area contributed by atoms with Gasteiger partial charge in [-0.15, -0.1) is 0 Å². The molecule has 230 valence electrons. The van der Waals surface area contributed by atoms with Crippen molar-refractivity contribution in [3.63, 3.8) is 0 Å². The van der Waals surface area contributed by atoms with Crippen LogP contribution in [0.3, 0.4) is 0 Å². The molecule has 1 aliphatic carbocycles. The lowest BCUT2D eigenvalue weighted by Crippen LogP contribution is -2.52. The van der Waals surface area contributed by atoms with Gasteiger partial charge >= 0.3 is 0 Å². The predicted octanol–water partition coefficient (Wildman–Crippen LogP) is 5.51. The Kier molecular flexibility index (Phi) is 8.70. The summed E-state index contributed by atoms with van der Waals surface area (Å²) in [6.45, 7) is 11.6. The summed E-state index contributed by atoms with van der Waals surface area (Å²) in [7, 11) is 0. The summed E-state index contributed by atoms with van der Waals surface area (Å²) in [5.41, 5.74) is 6.61. The maximum Gasteiger partial charge on any atom is 0.275 e. The molecule has 8 nitrogen and oxygen atoms in total. The normalized spacial score (nSPS) is 24.5. The Labute approximate surface area is 252 Å². The number of nitrogens with one attached hydrogen (secondary N) is 3. The maximum atomic E-state index is 14.4. The van der Waals surface area contributed by atoms with E-state index in [2.05, 4.69) is 55.8 Å². The summed E-state index contributed by atoms with van der Waals surface area (Å²) in [5, 5.41) is 2.87. The lowest BCUT2D eigenvalue weighted by molar-refractivity contribution is -0.134. The third-order valence-corrected chi connectivity index (χ3v) is 8.52. The number of aliphatic imine (C=N–C) groups is 2. The zero-order valence-corrected chi connectivity index (χ0v) is 25.6. The highest BCUT2D eigenvalue weighted by molar-refractivity contribution is 6.46. The third-order valence-electron chi connectivity index (χ3n) is 8.52. The van der Waals surface area contributed by atoms with Gasteiger partial charge in [0, 0.05) is 17.2 Å². The highest BCUT2D eigenvalue weighted by Gasteiger charge is 2.53. The molecule has 10 heteroatoms. The number of hydrogen-bond acceptors (Lipinski definition) is 6. The fraction of sp³-hybridized carbons (Fsp3) is 0.515. The van der Waals surface area contributed by atoms with Crippen LogP contribution in [0, 0.1) is 28.9 Å². The molecule has 0 bridgehead atoms. The number of hydrogen-bond donors (Lipinski definition) is 3. The third kappa shape index (κ3) is 6.95. The van der Waals surface area contributed by atoms with Gasteiger partial charge in [-0.3, -0.25) is 19.6 Å². The molecule has 2 heterocycles. The van der Waals surface area contributed by atoms with E-state index in [0.717, 1.165) is 24.5 Å². The van der Waals surface area contributed by atoms with Crippen molar-refractivity contribution in [2.45, 2.75) is 78.4 Å². The van der Waals surface area contributed by atoms with E-state index >= 15 is 0 Å². The van der Waals surface area contributed by atoms with Crippen molar-refractivity contribution < 1.29 is 18.4 Å². The summed E-state index contributed by atoms with van der Waals surface area (Å²) in [6, 6.07) is 10.2. The molecule has 1 spiro atoms. The molecular weight excluding hydrogens is 550 g/mol. The number of amidine groups is 1. The van der Waals surface area contributed by atoms with Crippen molar-refractivity contribution >= 4 is 23.4 Å². The van der Waals surface area contributed by atoms with Crippen LogP contribution in [0.1, 0.15) is 94.2 Å². The van der Waals surface area contributed by atoms with Crippen LogP contribution in [0.25, 0.3) is 0 Å². The minimum atomic E-state index is -0.825. The van der Waals surface area contributed by atoms with Gasteiger partial charge in [0.05, 0.1) is 12.6 Å². The van der Waals surface area contributed by atoms with E-state index in [1.54, 1.807) is 12.1 Å². The number of halogens is 2. The number of benzene rings is 2. The second kappa shape index (κ2) is 12.1. The highest BCUT2D eigenvalue weighted by atomic mass is 19.1. The van der Waals surface area contributed by atoms with Gasteiger partial charge in [0.1, 0.15) is 35.5 Å². The van der Waals surface area contributed by atoms with Crippen molar-refractivity contribution in [3.8, 4) is 0 Å². The molecule has 1 saturated carbocycles. The quantitative estimate of drug-likeness (QED) is 0.377. The Morgan fingerprint density at radius 3 is 2.33 bits per heavy atom. The Bertz CT molecular complexity index is 1400. The smallest absolute Gasteiger partial charge is 0.275 e. The summed E-state index contributed by atoms with van der Waals surface area (Å²) in [4.78, 5) is 38.4. The molecule has 2 amide bonds. The first-order valence-corrected chi connectivity index (χ1v) is 15.1. The summed E-state index contributed by atoms with van der Waals surface area (Å²) in [5.74, 6) is -0.732. The molecule has 2 aromatic carbocycles. The zero-order valence-electron chi connectivity index (χ0n) is 25.6. The van der Waals surface area contributed by atoms with E-state index < -0.39 is 17.3 Å². The molecule has 5 rings (SSSR count). The Balaban J connectivity index is 1.51. The Morgan fingerprint density at radius 2 is 1.74 bits per heavy atom. The topological polar surface area (TPSA) is 98.2 Å². The molecule has 3 unspecified atom stereocenters. The number of carbonyl (C=O) groups excluding carboxylic acids is 2. The molecule has 3 atom stereocenters. The molecule has 3 aliphatic rings. The van der Waals surface area contributed by atoms with Gasteiger partial charge in [-0.1, -0.05) is 46.8 Å². The van der Waals surface area contributed by atoms with E-state index in [0.29, 0.717) is 49.2 Å². The molecule has 43 heavy (non-hydrogen) atoms. The van der Waals surface area contributed by atoms with Crippen LogP contribution in [0.15, 0.2) is 52.4 Å². The minimum Gasteiger partial charge on any atom is -0.345 e. The lowest BCUT2D eigenvalue weighted by Gasteiger charge is -2.47. The second-order valence-corrected chi connectivity index (χ2v) is 13.6. The standard InChI is InChI=1S/C33H42F2N6O2/c1-20-12-21(2)17-33(16-20)39-29(24-13-25(34)15-26(35)14-24)31(43)41(33)27(10-11-32(3,4)5)22-6-8-23(9-7-22)30(42)36-18-28-37-19-38-40-28/h6-9,13-15,20-21,27,38H,10-12,16-19H2,1-5H3,(H,36,42)(H,37,40). The van der Waals surface area contributed by atoms with Gasteiger partial charge in [0.15, 0.2) is 0 Å². The molecule has 0 radical (unpaired) electrons. The van der Waals surface area contributed by atoms with Crippen molar-refractivity contribution in [1.82, 2.24) is 21.1 Å². The SMILES string of the molecule is CC1CC(C)CC2(C1)N=C(c1cc(F)cc(F)c1)C(=O)N2C(CCC(C)(C)C)c1ccc(C(=O)NCC2=NCNN2)cc1. The van der Waals surface area contributed by atoms with E-state index in [1.165, 1.54) is 12.1 Å².